The van der Waals surface area contributed by atoms with Crippen LogP contribution in [0.2, 0.25) is 0 Å². The van der Waals surface area contributed by atoms with Crippen LogP contribution in [-0.4, -0.2) is 23.5 Å². The van der Waals surface area contributed by atoms with E-state index < -0.39 is 5.97 Å². The van der Waals surface area contributed by atoms with Gasteiger partial charge < -0.3 is 16.2 Å². The van der Waals surface area contributed by atoms with Gasteiger partial charge in [-0.2, -0.15) is 0 Å². The minimum atomic E-state index is -0.879. The van der Waals surface area contributed by atoms with Crippen molar-refractivity contribution >= 4 is 11.9 Å². The third-order valence-corrected chi connectivity index (χ3v) is 2.87. The lowest BCUT2D eigenvalue weighted by molar-refractivity contribution is -0.136. The number of nitrogens with one attached hydrogen (secondary N) is 1. The van der Waals surface area contributed by atoms with Gasteiger partial charge in [0.15, 0.2) is 0 Å². The van der Waals surface area contributed by atoms with Gasteiger partial charge in [0.05, 0.1) is 6.42 Å². The highest BCUT2D eigenvalue weighted by Gasteiger charge is 2.09. The lowest BCUT2D eigenvalue weighted by Crippen LogP contribution is -2.27. The first kappa shape index (κ1) is 15.2. The minimum absolute atomic E-state index is 0.0365. The molecule has 0 aliphatic carbocycles. The maximum Gasteiger partial charge on any atom is 0.307 e. The summed E-state index contributed by atoms with van der Waals surface area (Å²) in [5.74, 6) is -0.798. The quantitative estimate of drug-likeness (QED) is 0.682. The normalized spacial score (nSPS) is 11.9. The van der Waals surface area contributed by atoms with E-state index in [1.54, 1.807) is 12.1 Å². The Morgan fingerprint density at radius 3 is 2.53 bits per heavy atom. The molecule has 0 spiro atoms. The number of rotatable bonds is 7. The number of hydrogen-bond acceptors (Lipinski definition) is 3. The van der Waals surface area contributed by atoms with Crippen LogP contribution in [0.5, 0.6) is 0 Å². The van der Waals surface area contributed by atoms with E-state index >= 15 is 0 Å². The van der Waals surface area contributed by atoms with Crippen LogP contribution < -0.4 is 11.1 Å². The monoisotopic (exact) mass is 264 g/mol. The average molecular weight is 264 g/mol. The van der Waals surface area contributed by atoms with E-state index in [2.05, 4.69) is 5.32 Å². The van der Waals surface area contributed by atoms with E-state index in [4.69, 9.17) is 10.8 Å². The summed E-state index contributed by atoms with van der Waals surface area (Å²) >= 11 is 0. The summed E-state index contributed by atoms with van der Waals surface area (Å²) in [5, 5.41) is 11.6. The van der Waals surface area contributed by atoms with Crippen LogP contribution in [0.4, 0.5) is 0 Å². The van der Waals surface area contributed by atoms with Gasteiger partial charge in [-0.15, -0.1) is 0 Å². The molecule has 1 aromatic rings. The molecule has 1 aromatic carbocycles. The number of carbonyl (C=O) groups is 2. The Balaban J connectivity index is 2.57. The van der Waals surface area contributed by atoms with Crippen molar-refractivity contribution in [3.63, 3.8) is 0 Å². The zero-order valence-electron chi connectivity index (χ0n) is 11.1. The van der Waals surface area contributed by atoms with Crippen LogP contribution in [0.1, 0.15) is 24.5 Å². The molecule has 0 heterocycles. The average Bonchev–Trinajstić information content (AvgIpc) is 2.37. The van der Waals surface area contributed by atoms with Crippen molar-refractivity contribution in [3.8, 4) is 0 Å². The van der Waals surface area contributed by atoms with E-state index in [9.17, 15) is 9.59 Å². The lowest BCUT2D eigenvalue weighted by Gasteiger charge is -2.11. The maximum absolute atomic E-state index is 11.6. The molecule has 0 fully saturated rings. The highest BCUT2D eigenvalue weighted by Crippen LogP contribution is 2.10. The zero-order valence-corrected chi connectivity index (χ0v) is 11.1. The second kappa shape index (κ2) is 7.53. The van der Waals surface area contributed by atoms with Crippen molar-refractivity contribution in [1.82, 2.24) is 5.32 Å². The largest absolute Gasteiger partial charge is 0.481 e. The number of hydrogen-bond donors (Lipinski definition) is 3. The van der Waals surface area contributed by atoms with E-state index in [0.29, 0.717) is 19.5 Å². The van der Waals surface area contributed by atoms with E-state index in [1.165, 1.54) is 0 Å². The number of benzene rings is 1. The fourth-order valence-corrected chi connectivity index (χ4v) is 1.73. The summed E-state index contributed by atoms with van der Waals surface area (Å²) < 4.78 is 0. The molecular formula is C14H20N2O3. The van der Waals surface area contributed by atoms with Gasteiger partial charge >= 0.3 is 5.97 Å². The lowest BCUT2D eigenvalue weighted by atomic mass is 10.0. The summed E-state index contributed by atoms with van der Waals surface area (Å²) in [5.41, 5.74) is 7.02. The maximum atomic E-state index is 11.6. The van der Waals surface area contributed by atoms with Crippen LogP contribution in [0.3, 0.4) is 0 Å². The summed E-state index contributed by atoms with van der Waals surface area (Å²) in [4.78, 5) is 22.4. The molecule has 104 valence electrons. The summed E-state index contributed by atoms with van der Waals surface area (Å²) in [6.45, 7) is 2.74. The van der Waals surface area contributed by atoms with Crippen LogP contribution in [0, 0.1) is 5.92 Å². The van der Waals surface area contributed by atoms with Crippen molar-refractivity contribution in [2.24, 2.45) is 11.7 Å². The third kappa shape index (κ3) is 5.52. The number of carbonyl (C=O) groups excluding carboxylic acids is 1. The summed E-state index contributed by atoms with van der Waals surface area (Å²) in [7, 11) is 0. The molecule has 0 radical (unpaired) electrons. The number of carboxylic acid groups (broad SMARTS) is 1. The van der Waals surface area contributed by atoms with Gasteiger partial charge in [0.2, 0.25) is 5.91 Å². The molecule has 0 saturated heterocycles. The Bertz CT molecular complexity index is 446. The van der Waals surface area contributed by atoms with Crippen LogP contribution in [-0.2, 0) is 22.6 Å². The predicted octanol–water partition coefficient (Wildman–Crippen LogP) is 0.915. The number of amides is 1. The Kier molecular flexibility index (Phi) is 6.02. The fourth-order valence-electron chi connectivity index (χ4n) is 1.73. The summed E-state index contributed by atoms with van der Waals surface area (Å²) in [6.07, 6.45) is 0.350. The molecule has 1 unspecified atom stereocenters. The zero-order chi connectivity index (χ0) is 14.3. The molecule has 0 bridgehead atoms. The Morgan fingerprint density at radius 2 is 1.95 bits per heavy atom. The van der Waals surface area contributed by atoms with E-state index in [1.807, 2.05) is 19.1 Å². The molecule has 0 aromatic heterocycles. The Hall–Kier alpha value is -1.88. The Labute approximate surface area is 112 Å². The highest BCUT2D eigenvalue weighted by atomic mass is 16.4. The molecule has 0 saturated carbocycles. The number of aliphatic carboxylic acids is 1. The topological polar surface area (TPSA) is 92.4 Å². The van der Waals surface area contributed by atoms with Gasteiger partial charge in [0.25, 0.3) is 0 Å². The van der Waals surface area contributed by atoms with Gasteiger partial charge in [-0.25, -0.2) is 0 Å². The smallest absolute Gasteiger partial charge is 0.307 e. The van der Waals surface area contributed by atoms with Crippen molar-refractivity contribution in [3.05, 3.63) is 35.4 Å². The van der Waals surface area contributed by atoms with Crippen molar-refractivity contribution < 1.29 is 14.7 Å². The molecule has 5 heteroatoms. The van der Waals surface area contributed by atoms with E-state index in [0.717, 1.165) is 11.1 Å². The van der Waals surface area contributed by atoms with Crippen LogP contribution in [0.25, 0.3) is 0 Å². The molecule has 1 atom stereocenters. The second-order valence-corrected chi connectivity index (χ2v) is 4.66. The first-order valence-electron chi connectivity index (χ1n) is 6.28. The van der Waals surface area contributed by atoms with Gasteiger partial charge in [-0.05, 0) is 23.6 Å². The number of nitrogens with two attached hydrogens (primary N) is 1. The third-order valence-electron chi connectivity index (χ3n) is 2.87. The van der Waals surface area contributed by atoms with Crippen molar-refractivity contribution in [2.75, 3.05) is 6.54 Å². The first-order chi connectivity index (χ1) is 9.02. The Morgan fingerprint density at radius 1 is 1.32 bits per heavy atom. The fraction of sp³-hybridized carbons (Fsp3) is 0.429. The SMILES string of the molecule is CC(CN)CC(=O)NCc1ccccc1CC(=O)O. The molecule has 1 amide bonds. The molecule has 0 aliphatic heterocycles. The van der Waals surface area contributed by atoms with Gasteiger partial charge in [-0.1, -0.05) is 31.2 Å². The highest BCUT2D eigenvalue weighted by molar-refractivity contribution is 5.76. The molecule has 19 heavy (non-hydrogen) atoms. The standard InChI is InChI=1S/C14H20N2O3/c1-10(8-15)6-13(17)16-9-12-5-3-2-4-11(12)7-14(18)19/h2-5,10H,6-9,15H2,1H3,(H,16,17)(H,18,19). The van der Waals surface area contributed by atoms with Gasteiger partial charge in [0, 0.05) is 13.0 Å². The minimum Gasteiger partial charge on any atom is -0.481 e. The van der Waals surface area contributed by atoms with Crippen LogP contribution in [0.15, 0.2) is 24.3 Å². The van der Waals surface area contributed by atoms with E-state index in [-0.39, 0.29) is 18.2 Å². The molecule has 5 nitrogen and oxygen atoms in total. The molecule has 0 aliphatic rings. The predicted molar refractivity (Wildman–Crippen MR) is 72.5 cm³/mol. The molecule has 4 N–H and O–H groups in total. The van der Waals surface area contributed by atoms with Crippen LogP contribution >= 0.6 is 0 Å². The molecule has 1 rings (SSSR count). The van der Waals surface area contributed by atoms with Gasteiger partial charge in [-0.3, -0.25) is 9.59 Å². The van der Waals surface area contributed by atoms with Crippen molar-refractivity contribution in [2.45, 2.75) is 26.3 Å². The first-order valence-corrected chi connectivity index (χ1v) is 6.28. The second-order valence-electron chi connectivity index (χ2n) is 4.66. The molecular weight excluding hydrogens is 244 g/mol. The van der Waals surface area contributed by atoms with Crippen molar-refractivity contribution in [1.29, 1.82) is 0 Å². The van der Waals surface area contributed by atoms with Gasteiger partial charge in [0.1, 0.15) is 0 Å². The number of carboxylic acids is 1. The summed E-state index contributed by atoms with van der Waals surface area (Å²) in [6, 6.07) is 7.21.